The van der Waals surface area contributed by atoms with Gasteiger partial charge in [0.2, 0.25) is 0 Å². The van der Waals surface area contributed by atoms with Gasteiger partial charge in [0.1, 0.15) is 0 Å². The summed E-state index contributed by atoms with van der Waals surface area (Å²) in [6.45, 7) is 7.21. The fourth-order valence-corrected chi connectivity index (χ4v) is 1.96. The number of ketones is 1. The van der Waals surface area contributed by atoms with Gasteiger partial charge in [-0.1, -0.05) is 37.3 Å². The van der Waals surface area contributed by atoms with Crippen molar-refractivity contribution in [1.29, 1.82) is 0 Å². The highest BCUT2D eigenvalue weighted by molar-refractivity contribution is 5.82. The van der Waals surface area contributed by atoms with Crippen LogP contribution in [0.15, 0.2) is 30.3 Å². The van der Waals surface area contributed by atoms with Crippen LogP contribution in [-0.4, -0.2) is 41.0 Å². The highest BCUT2D eigenvalue weighted by atomic mass is 16.3. The lowest BCUT2D eigenvalue weighted by Crippen LogP contribution is -2.41. The first-order valence-corrected chi connectivity index (χ1v) is 6.41. The number of carbonyl (C=O) groups excluding carboxylic acids is 1. The van der Waals surface area contributed by atoms with Crippen LogP contribution < -0.4 is 0 Å². The lowest BCUT2D eigenvalue weighted by Gasteiger charge is -2.27. The number of nitrogens with zero attached hydrogens (tertiary/aromatic N) is 1. The molecular weight excluding hydrogens is 226 g/mol. The third kappa shape index (κ3) is 5.94. The van der Waals surface area contributed by atoms with Crippen molar-refractivity contribution < 1.29 is 9.90 Å². The molecule has 0 atom stereocenters. The highest BCUT2D eigenvalue weighted by Crippen LogP contribution is 2.06. The monoisotopic (exact) mass is 249 g/mol. The molecule has 0 saturated heterocycles. The number of likely N-dealkylation sites (N-methyl/N-ethyl adjacent to an activating group) is 1. The maximum absolute atomic E-state index is 11.9. The number of hydrogen-bond acceptors (Lipinski definition) is 3. The molecule has 0 aliphatic rings. The summed E-state index contributed by atoms with van der Waals surface area (Å²) in [7, 11) is 0. The summed E-state index contributed by atoms with van der Waals surface area (Å²) >= 11 is 0. The average molecular weight is 249 g/mol. The second-order valence-corrected chi connectivity index (χ2v) is 5.32. The molecule has 1 rings (SSSR count). The Kier molecular flexibility index (Phi) is 5.51. The van der Waals surface area contributed by atoms with E-state index in [9.17, 15) is 9.90 Å². The van der Waals surface area contributed by atoms with Crippen molar-refractivity contribution in [1.82, 2.24) is 4.90 Å². The van der Waals surface area contributed by atoms with Gasteiger partial charge in [0, 0.05) is 13.0 Å². The minimum atomic E-state index is -0.761. The lowest BCUT2D eigenvalue weighted by atomic mass is 10.1. The van der Waals surface area contributed by atoms with Gasteiger partial charge in [0.15, 0.2) is 5.78 Å². The molecular formula is C15H23NO2. The number of Topliss-reactive ketones (excluding diaryl/α,β-unsaturated/α-hetero) is 1. The van der Waals surface area contributed by atoms with E-state index in [0.717, 1.165) is 12.1 Å². The Balaban J connectivity index is 2.48. The van der Waals surface area contributed by atoms with Crippen molar-refractivity contribution in [3.05, 3.63) is 35.9 Å². The van der Waals surface area contributed by atoms with E-state index < -0.39 is 5.60 Å². The van der Waals surface area contributed by atoms with E-state index in [-0.39, 0.29) is 5.78 Å². The van der Waals surface area contributed by atoms with Crippen LogP contribution in [0.2, 0.25) is 0 Å². The van der Waals surface area contributed by atoms with Gasteiger partial charge in [-0.3, -0.25) is 9.69 Å². The summed E-state index contributed by atoms with van der Waals surface area (Å²) in [5, 5.41) is 9.77. The van der Waals surface area contributed by atoms with Crippen molar-refractivity contribution in [3.8, 4) is 0 Å². The molecule has 18 heavy (non-hydrogen) atoms. The van der Waals surface area contributed by atoms with Crippen LogP contribution in [0.5, 0.6) is 0 Å². The zero-order chi connectivity index (χ0) is 13.6. The molecule has 0 radical (unpaired) electrons. The van der Waals surface area contributed by atoms with Crippen molar-refractivity contribution >= 4 is 5.78 Å². The molecule has 0 aromatic heterocycles. The van der Waals surface area contributed by atoms with Crippen LogP contribution in [0.25, 0.3) is 0 Å². The molecule has 1 aromatic carbocycles. The summed E-state index contributed by atoms with van der Waals surface area (Å²) in [4.78, 5) is 13.9. The number of aliphatic hydroxyl groups is 1. The predicted molar refractivity (Wildman–Crippen MR) is 73.6 cm³/mol. The molecule has 0 spiro atoms. The zero-order valence-electron chi connectivity index (χ0n) is 11.5. The third-order valence-corrected chi connectivity index (χ3v) is 2.70. The molecule has 1 N–H and O–H groups in total. The number of carbonyl (C=O) groups is 1. The van der Waals surface area contributed by atoms with Crippen molar-refractivity contribution in [2.75, 3.05) is 19.6 Å². The van der Waals surface area contributed by atoms with Gasteiger partial charge in [-0.2, -0.15) is 0 Å². The quantitative estimate of drug-likeness (QED) is 0.802. The fourth-order valence-electron chi connectivity index (χ4n) is 1.96. The fraction of sp³-hybridized carbons (Fsp3) is 0.533. The Morgan fingerprint density at radius 3 is 2.39 bits per heavy atom. The largest absolute Gasteiger partial charge is 0.389 e. The molecule has 0 heterocycles. The van der Waals surface area contributed by atoms with Crippen LogP contribution >= 0.6 is 0 Å². The van der Waals surface area contributed by atoms with E-state index in [4.69, 9.17) is 0 Å². The van der Waals surface area contributed by atoms with Crippen LogP contribution in [0.4, 0.5) is 0 Å². The molecule has 0 amide bonds. The topological polar surface area (TPSA) is 40.5 Å². The normalized spacial score (nSPS) is 11.8. The summed E-state index contributed by atoms with van der Waals surface area (Å²) in [6.07, 6.45) is 0.462. The molecule has 0 aliphatic heterocycles. The van der Waals surface area contributed by atoms with Gasteiger partial charge >= 0.3 is 0 Å². The van der Waals surface area contributed by atoms with Crippen molar-refractivity contribution in [2.24, 2.45) is 0 Å². The maximum atomic E-state index is 11.9. The minimum Gasteiger partial charge on any atom is -0.389 e. The van der Waals surface area contributed by atoms with Gasteiger partial charge < -0.3 is 5.11 Å². The van der Waals surface area contributed by atoms with Crippen molar-refractivity contribution in [3.63, 3.8) is 0 Å². The molecule has 3 nitrogen and oxygen atoms in total. The molecule has 0 fully saturated rings. The van der Waals surface area contributed by atoms with Crippen LogP contribution in [-0.2, 0) is 11.2 Å². The summed E-state index contributed by atoms with van der Waals surface area (Å²) in [5.41, 5.74) is 0.282. The smallest absolute Gasteiger partial charge is 0.151 e. The van der Waals surface area contributed by atoms with E-state index in [1.165, 1.54) is 0 Å². The van der Waals surface area contributed by atoms with Crippen LogP contribution in [0, 0.1) is 0 Å². The maximum Gasteiger partial charge on any atom is 0.151 e. The Hall–Kier alpha value is -1.19. The number of benzene rings is 1. The second kappa shape index (κ2) is 6.66. The van der Waals surface area contributed by atoms with Gasteiger partial charge in [0.05, 0.1) is 12.1 Å². The average Bonchev–Trinajstić information content (AvgIpc) is 2.27. The number of rotatable bonds is 7. The summed E-state index contributed by atoms with van der Waals surface area (Å²) in [6, 6.07) is 9.75. The lowest BCUT2D eigenvalue weighted by molar-refractivity contribution is -0.120. The molecule has 0 aliphatic carbocycles. The summed E-state index contributed by atoms with van der Waals surface area (Å²) < 4.78 is 0. The SMILES string of the molecule is CCN(CC(=O)Cc1ccccc1)CC(C)(C)O. The van der Waals surface area contributed by atoms with Gasteiger partial charge in [-0.05, 0) is 26.0 Å². The van der Waals surface area contributed by atoms with Crippen molar-refractivity contribution in [2.45, 2.75) is 32.8 Å². The first-order chi connectivity index (χ1) is 8.40. The molecule has 100 valence electrons. The first-order valence-electron chi connectivity index (χ1n) is 6.41. The van der Waals surface area contributed by atoms with Gasteiger partial charge in [-0.15, -0.1) is 0 Å². The zero-order valence-corrected chi connectivity index (χ0v) is 11.5. The number of hydrogen-bond donors (Lipinski definition) is 1. The molecule has 3 heteroatoms. The molecule has 0 bridgehead atoms. The highest BCUT2D eigenvalue weighted by Gasteiger charge is 2.19. The second-order valence-electron chi connectivity index (χ2n) is 5.32. The van der Waals surface area contributed by atoms with E-state index in [1.54, 1.807) is 13.8 Å². The van der Waals surface area contributed by atoms with E-state index in [1.807, 2.05) is 42.2 Å². The van der Waals surface area contributed by atoms with Gasteiger partial charge in [-0.25, -0.2) is 0 Å². The van der Waals surface area contributed by atoms with E-state index in [0.29, 0.717) is 19.5 Å². The van der Waals surface area contributed by atoms with E-state index in [2.05, 4.69) is 0 Å². The summed E-state index contributed by atoms with van der Waals surface area (Å²) in [5.74, 6) is 0.187. The predicted octanol–water partition coefficient (Wildman–Crippen LogP) is 1.89. The van der Waals surface area contributed by atoms with Crippen LogP contribution in [0.3, 0.4) is 0 Å². The molecule has 0 unspecified atom stereocenters. The Morgan fingerprint density at radius 1 is 1.28 bits per heavy atom. The van der Waals surface area contributed by atoms with Crippen LogP contribution in [0.1, 0.15) is 26.3 Å². The molecule has 0 saturated carbocycles. The third-order valence-electron chi connectivity index (χ3n) is 2.70. The van der Waals surface area contributed by atoms with E-state index >= 15 is 0 Å². The van der Waals surface area contributed by atoms with Gasteiger partial charge in [0.25, 0.3) is 0 Å². The minimum absolute atomic E-state index is 0.187. The standard InChI is InChI=1S/C15H23NO2/c1-4-16(12-15(2,3)18)11-14(17)10-13-8-6-5-7-9-13/h5-9,18H,4,10-12H2,1-3H3. The first kappa shape index (κ1) is 14.9. The Labute approximate surface area is 109 Å². The molecule has 1 aromatic rings. The Morgan fingerprint density at radius 2 is 1.89 bits per heavy atom. The Bertz CT molecular complexity index is 368.